The van der Waals surface area contributed by atoms with Crippen LogP contribution in [0.5, 0.6) is 0 Å². The summed E-state index contributed by atoms with van der Waals surface area (Å²) in [6.45, 7) is 1.75. The molecule has 0 aliphatic rings. The maximum Gasteiger partial charge on any atom is 0.288 e. The van der Waals surface area contributed by atoms with Gasteiger partial charge in [-0.05, 0) is 43.3 Å². The van der Waals surface area contributed by atoms with Crippen molar-refractivity contribution in [1.29, 1.82) is 0 Å². The zero-order valence-corrected chi connectivity index (χ0v) is 15.3. The number of hydrazine groups is 1. The summed E-state index contributed by atoms with van der Waals surface area (Å²) in [7, 11) is 0. The normalized spacial score (nSPS) is 11.0. The number of aryl methyl sites for hydroxylation is 1. The standard InChI is InChI=1S/C18H14BrN5O2/c1-10-16(24-7-3-2-4-15(24)20-10)18(26)23-22-17(25)14-9-11-8-12(19)5-6-13(11)21-14/h2-9,21H,1H3,(H,22,25)(H,23,26). The van der Waals surface area contributed by atoms with Crippen LogP contribution in [0.4, 0.5) is 0 Å². The van der Waals surface area contributed by atoms with E-state index in [1.807, 2.05) is 36.4 Å². The van der Waals surface area contributed by atoms with E-state index in [2.05, 4.69) is 36.7 Å². The van der Waals surface area contributed by atoms with E-state index in [-0.39, 0.29) is 0 Å². The van der Waals surface area contributed by atoms with Gasteiger partial charge in [0.1, 0.15) is 17.0 Å². The number of halogens is 1. The number of fused-ring (bicyclic) bond motifs is 2. The van der Waals surface area contributed by atoms with Crippen LogP contribution in [0.1, 0.15) is 26.7 Å². The fraction of sp³-hybridized carbons (Fsp3) is 0.0556. The van der Waals surface area contributed by atoms with E-state index < -0.39 is 11.8 Å². The smallest absolute Gasteiger partial charge is 0.288 e. The molecule has 3 N–H and O–H groups in total. The van der Waals surface area contributed by atoms with Gasteiger partial charge in [-0.25, -0.2) is 4.98 Å². The lowest BCUT2D eigenvalue weighted by Crippen LogP contribution is -2.42. The monoisotopic (exact) mass is 411 g/mol. The zero-order valence-electron chi connectivity index (χ0n) is 13.7. The summed E-state index contributed by atoms with van der Waals surface area (Å²) in [4.78, 5) is 32.2. The molecular formula is C18H14BrN5O2. The minimum atomic E-state index is -0.437. The molecule has 26 heavy (non-hydrogen) atoms. The highest BCUT2D eigenvalue weighted by molar-refractivity contribution is 9.10. The van der Waals surface area contributed by atoms with Crippen LogP contribution in [-0.4, -0.2) is 26.2 Å². The topological polar surface area (TPSA) is 91.3 Å². The number of imidazole rings is 1. The van der Waals surface area contributed by atoms with Gasteiger partial charge in [0.2, 0.25) is 0 Å². The third kappa shape index (κ3) is 2.84. The van der Waals surface area contributed by atoms with Crippen LogP contribution in [0.3, 0.4) is 0 Å². The van der Waals surface area contributed by atoms with E-state index in [1.54, 1.807) is 23.6 Å². The first-order chi connectivity index (χ1) is 12.5. The van der Waals surface area contributed by atoms with Gasteiger partial charge in [-0.15, -0.1) is 0 Å². The molecule has 0 fully saturated rings. The number of hydrogen-bond donors (Lipinski definition) is 3. The van der Waals surface area contributed by atoms with Crippen LogP contribution in [0.2, 0.25) is 0 Å². The molecule has 0 radical (unpaired) electrons. The SMILES string of the molecule is Cc1nc2ccccn2c1C(=O)NNC(=O)c1cc2cc(Br)ccc2[nH]1. The molecule has 3 aromatic heterocycles. The summed E-state index contributed by atoms with van der Waals surface area (Å²) < 4.78 is 2.60. The fourth-order valence-electron chi connectivity index (χ4n) is 2.85. The lowest BCUT2D eigenvalue weighted by Gasteiger charge is -2.07. The highest BCUT2D eigenvalue weighted by Crippen LogP contribution is 2.20. The van der Waals surface area contributed by atoms with Crippen molar-refractivity contribution in [3.63, 3.8) is 0 Å². The van der Waals surface area contributed by atoms with Crippen LogP contribution in [-0.2, 0) is 0 Å². The van der Waals surface area contributed by atoms with Crippen molar-refractivity contribution >= 4 is 44.3 Å². The van der Waals surface area contributed by atoms with Crippen LogP contribution >= 0.6 is 15.9 Å². The Balaban J connectivity index is 1.53. The van der Waals surface area contributed by atoms with Crippen molar-refractivity contribution in [2.24, 2.45) is 0 Å². The summed E-state index contributed by atoms with van der Waals surface area (Å²) in [6, 6.07) is 12.9. The molecule has 0 saturated heterocycles. The quantitative estimate of drug-likeness (QED) is 0.442. The second kappa shape index (κ2) is 6.30. The fourth-order valence-corrected chi connectivity index (χ4v) is 3.23. The third-order valence-corrected chi connectivity index (χ3v) is 4.53. The van der Waals surface area contributed by atoms with E-state index in [0.717, 1.165) is 15.4 Å². The van der Waals surface area contributed by atoms with Crippen LogP contribution in [0, 0.1) is 6.92 Å². The first kappa shape index (κ1) is 16.3. The van der Waals surface area contributed by atoms with Gasteiger partial charge in [-0.2, -0.15) is 0 Å². The number of aromatic nitrogens is 3. The van der Waals surface area contributed by atoms with Gasteiger partial charge in [0, 0.05) is 21.6 Å². The molecule has 0 atom stereocenters. The van der Waals surface area contributed by atoms with Gasteiger partial charge in [0.05, 0.1) is 5.69 Å². The number of benzene rings is 1. The summed E-state index contributed by atoms with van der Waals surface area (Å²) >= 11 is 3.40. The summed E-state index contributed by atoms with van der Waals surface area (Å²) in [5.41, 5.74) is 7.69. The molecule has 0 bridgehead atoms. The number of nitrogens with one attached hydrogen (secondary N) is 3. The number of H-pyrrole nitrogens is 1. The largest absolute Gasteiger partial charge is 0.350 e. The Kier molecular flexibility index (Phi) is 3.96. The molecule has 0 saturated carbocycles. The van der Waals surface area contributed by atoms with Gasteiger partial charge in [0.15, 0.2) is 0 Å². The van der Waals surface area contributed by atoms with Crippen molar-refractivity contribution in [3.05, 3.63) is 70.2 Å². The summed E-state index contributed by atoms with van der Waals surface area (Å²) in [6.07, 6.45) is 1.75. The van der Waals surface area contributed by atoms with Gasteiger partial charge >= 0.3 is 0 Å². The van der Waals surface area contributed by atoms with Crippen molar-refractivity contribution in [3.8, 4) is 0 Å². The maximum atomic E-state index is 12.5. The number of amides is 2. The molecular weight excluding hydrogens is 398 g/mol. The van der Waals surface area contributed by atoms with E-state index in [1.165, 1.54) is 0 Å². The molecule has 0 unspecified atom stereocenters. The van der Waals surface area contributed by atoms with Crippen LogP contribution < -0.4 is 10.9 Å². The van der Waals surface area contributed by atoms with Crippen molar-refractivity contribution < 1.29 is 9.59 Å². The van der Waals surface area contributed by atoms with Gasteiger partial charge < -0.3 is 4.98 Å². The van der Waals surface area contributed by atoms with E-state index in [0.29, 0.717) is 22.7 Å². The van der Waals surface area contributed by atoms with Crippen LogP contribution in [0.25, 0.3) is 16.6 Å². The van der Waals surface area contributed by atoms with Crippen LogP contribution in [0.15, 0.2) is 53.1 Å². The average Bonchev–Trinajstić information content (AvgIpc) is 3.18. The molecule has 7 nitrogen and oxygen atoms in total. The molecule has 130 valence electrons. The Labute approximate surface area is 156 Å². The number of nitrogens with zero attached hydrogens (tertiary/aromatic N) is 2. The van der Waals surface area contributed by atoms with E-state index >= 15 is 0 Å². The van der Waals surface area contributed by atoms with E-state index in [9.17, 15) is 9.59 Å². The molecule has 3 heterocycles. The molecule has 8 heteroatoms. The summed E-state index contributed by atoms with van der Waals surface area (Å²) in [5, 5.41) is 0.897. The Bertz CT molecular complexity index is 1160. The molecule has 0 aliphatic heterocycles. The first-order valence-electron chi connectivity index (χ1n) is 7.85. The number of carbonyl (C=O) groups is 2. The Morgan fingerprint density at radius 1 is 1.12 bits per heavy atom. The molecule has 1 aromatic carbocycles. The Hall–Kier alpha value is -3.13. The molecule has 4 rings (SSSR count). The zero-order chi connectivity index (χ0) is 18.3. The number of carbonyl (C=O) groups excluding carboxylic acids is 2. The van der Waals surface area contributed by atoms with Gasteiger partial charge in [0.25, 0.3) is 11.8 Å². The Morgan fingerprint density at radius 3 is 2.77 bits per heavy atom. The second-order valence-electron chi connectivity index (χ2n) is 5.80. The third-order valence-electron chi connectivity index (χ3n) is 4.04. The van der Waals surface area contributed by atoms with Gasteiger partial charge in [-0.3, -0.25) is 24.8 Å². The lowest BCUT2D eigenvalue weighted by atomic mass is 10.2. The van der Waals surface area contributed by atoms with E-state index in [4.69, 9.17) is 0 Å². The van der Waals surface area contributed by atoms with Crippen molar-refractivity contribution in [2.75, 3.05) is 0 Å². The van der Waals surface area contributed by atoms with Gasteiger partial charge in [-0.1, -0.05) is 22.0 Å². The number of aromatic amines is 1. The second-order valence-corrected chi connectivity index (χ2v) is 6.71. The molecule has 0 aliphatic carbocycles. The predicted octanol–water partition coefficient (Wildman–Crippen LogP) is 2.96. The summed E-state index contributed by atoms with van der Waals surface area (Å²) in [5.74, 6) is -0.870. The van der Waals surface area contributed by atoms with Crippen molar-refractivity contribution in [2.45, 2.75) is 6.92 Å². The minimum absolute atomic E-state index is 0.355. The number of pyridine rings is 1. The minimum Gasteiger partial charge on any atom is -0.350 e. The number of rotatable bonds is 2. The predicted molar refractivity (Wildman–Crippen MR) is 101 cm³/mol. The molecule has 0 spiro atoms. The molecule has 2 amide bonds. The number of hydrogen-bond acceptors (Lipinski definition) is 3. The first-order valence-corrected chi connectivity index (χ1v) is 8.65. The molecule has 4 aromatic rings. The highest BCUT2D eigenvalue weighted by atomic mass is 79.9. The average molecular weight is 412 g/mol. The Morgan fingerprint density at radius 2 is 1.92 bits per heavy atom. The van der Waals surface area contributed by atoms with Crippen molar-refractivity contribution in [1.82, 2.24) is 25.2 Å². The maximum absolute atomic E-state index is 12.5. The lowest BCUT2D eigenvalue weighted by molar-refractivity contribution is 0.0841. The highest BCUT2D eigenvalue weighted by Gasteiger charge is 2.17.